The molecule has 39 heavy (non-hydrogen) atoms. The summed E-state index contributed by atoms with van der Waals surface area (Å²) in [7, 11) is 3.15. The summed E-state index contributed by atoms with van der Waals surface area (Å²) in [6, 6.07) is 23.9. The molecule has 1 aliphatic heterocycles. The molecule has 0 saturated carbocycles. The zero-order chi connectivity index (χ0) is 27.9. The number of methoxy groups -OCH3 is 2. The number of nitrogens with zero attached hydrogens (tertiary/aromatic N) is 2. The number of carbonyl (C=O) groups is 1. The monoisotopic (exact) mass is 569 g/mol. The van der Waals surface area contributed by atoms with Crippen molar-refractivity contribution in [2.45, 2.75) is 37.0 Å². The van der Waals surface area contributed by atoms with Gasteiger partial charge in [0.05, 0.1) is 0 Å². The van der Waals surface area contributed by atoms with Crippen molar-refractivity contribution >= 4 is 35.0 Å². The molecule has 206 valence electrons. The molecule has 0 aromatic heterocycles. The maximum atomic E-state index is 14.9. The second-order valence-corrected chi connectivity index (χ2v) is 10.2. The Morgan fingerprint density at radius 1 is 1.00 bits per heavy atom. The van der Waals surface area contributed by atoms with Crippen LogP contribution in [0.4, 0.5) is 0 Å². The molecule has 1 aliphatic rings. The fourth-order valence-electron chi connectivity index (χ4n) is 4.92. The lowest BCUT2D eigenvalue weighted by Crippen LogP contribution is -2.53. The minimum atomic E-state index is -1.41. The van der Waals surface area contributed by atoms with Gasteiger partial charge in [-0.25, -0.2) is 0 Å². The van der Waals surface area contributed by atoms with Crippen molar-refractivity contribution in [1.29, 1.82) is 0 Å². The van der Waals surface area contributed by atoms with E-state index in [9.17, 15) is 4.79 Å². The van der Waals surface area contributed by atoms with E-state index in [4.69, 9.17) is 48.2 Å². The summed E-state index contributed by atoms with van der Waals surface area (Å²) < 4.78 is 18.1. The Morgan fingerprint density at radius 3 is 2.36 bits per heavy atom. The minimum absolute atomic E-state index is 0.278. The smallest absolute Gasteiger partial charge is 0.283 e. The number of ether oxygens (including phenoxy) is 3. The largest absolute Gasteiger partial charge is 0.443 e. The molecule has 0 saturated heterocycles. The van der Waals surface area contributed by atoms with Gasteiger partial charge in [-0.05, 0) is 61.7 Å². The SMILES string of the molecule is COCCC[C@@](OC)(C(=O)N1N=C(c2cccc(Cl)c2)O[C@@]1(CCCN)c1ccccc1)c1cccc(Cl)c1. The molecule has 0 unspecified atom stereocenters. The van der Waals surface area contributed by atoms with E-state index in [2.05, 4.69) is 0 Å². The van der Waals surface area contributed by atoms with Crippen LogP contribution in [0.25, 0.3) is 0 Å². The molecule has 9 heteroatoms. The van der Waals surface area contributed by atoms with Gasteiger partial charge >= 0.3 is 0 Å². The van der Waals surface area contributed by atoms with E-state index < -0.39 is 11.3 Å². The van der Waals surface area contributed by atoms with E-state index in [0.29, 0.717) is 60.0 Å². The van der Waals surface area contributed by atoms with Crippen molar-refractivity contribution in [1.82, 2.24) is 5.01 Å². The molecule has 0 bridgehead atoms. The highest BCUT2D eigenvalue weighted by molar-refractivity contribution is 6.31. The number of hydrogen-bond donors (Lipinski definition) is 1. The van der Waals surface area contributed by atoms with E-state index in [1.807, 2.05) is 48.5 Å². The molecule has 1 amide bonds. The van der Waals surface area contributed by atoms with Crippen LogP contribution >= 0.6 is 23.2 Å². The summed E-state index contributed by atoms with van der Waals surface area (Å²) in [5.41, 5.74) is 5.32. The maximum absolute atomic E-state index is 14.9. The molecule has 2 atom stereocenters. The number of amides is 1. The van der Waals surface area contributed by atoms with Crippen LogP contribution in [0.5, 0.6) is 0 Å². The third-order valence-electron chi connectivity index (χ3n) is 6.87. The topological polar surface area (TPSA) is 86.4 Å². The molecule has 7 nitrogen and oxygen atoms in total. The Bertz CT molecular complexity index is 1310. The summed E-state index contributed by atoms with van der Waals surface area (Å²) in [5.74, 6) is -0.110. The van der Waals surface area contributed by atoms with E-state index in [1.54, 1.807) is 37.4 Å². The average molecular weight is 571 g/mol. The maximum Gasteiger partial charge on any atom is 0.283 e. The zero-order valence-corrected chi connectivity index (χ0v) is 23.6. The summed E-state index contributed by atoms with van der Waals surface area (Å²) in [6.45, 7) is 0.855. The summed E-state index contributed by atoms with van der Waals surface area (Å²) in [4.78, 5) is 14.9. The molecule has 0 radical (unpaired) electrons. The lowest BCUT2D eigenvalue weighted by atomic mass is 9.86. The number of hydrazone groups is 1. The number of nitrogens with two attached hydrogens (primary N) is 1. The van der Waals surface area contributed by atoms with Crippen LogP contribution in [-0.2, 0) is 30.3 Å². The normalized spacial score (nSPS) is 18.4. The van der Waals surface area contributed by atoms with Crippen LogP contribution in [0.1, 0.15) is 42.4 Å². The first-order chi connectivity index (χ1) is 18.9. The summed E-state index contributed by atoms with van der Waals surface area (Å²) >= 11 is 12.7. The summed E-state index contributed by atoms with van der Waals surface area (Å²) in [6.07, 6.45) is 1.87. The van der Waals surface area contributed by atoms with Gasteiger partial charge in [0, 0.05) is 48.4 Å². The first-order valence-corrected chi connectivity index (χ1v) is 13.6. The molecular weight excluding hydrogens is 537 g/mol. The fraction of sp³-hybridized carbons (Fsp3) is 0.333. The van der Waals surface area contributed by atoms with Crippen molar-refractivity contribution in [3.05, 3.63) is 106 Å². The van der Waals surface area contributed by atoms with Gasteiger partial charge < -0.3 is 19.9 Å². The van der Waals surface area contributed by atoms with Crippen molar-refractivity contribution in [3.8, 4) is 0 Å². The van der Waals surface area contributed by atoms with Gasteiger partial charge in [0.25, 0.3) is 5.91 Å². The molecular formula is C30H33Cl2N3O4. The number of halogens is 2. The molecule has 3 aromatic rings. The molecule has 4 rings (SSSR count). The Kier molecular flexibility index (Phi) is 9.64. The second-order valence-electron chi connectivity index (χ2n) is 9.31. The predicted octanol–water partition coefficient (Wildman–Crippen LogP) is 6.07. The van der Waals surface area contributed by atoms with Crippen LogP contribution in [0.2, 0.25) is 10.0 Å². The van der Waals surface area contributed by atoms with Gasteiger partial charge in [0.2, 0.25) is 11.6 Å². The predicted molar refractivity (Wildman–Crippen MR) is 154 cm³/mol. The Morgan fingerprint density at radius 2 is 1.72 bits per heavy atom. The first kappa shape index (κ1) is 29.1. The van der Waals surface area contributed by atoms with Crippen LogP contribution in [0, 0.1) is 0 Å². The highest BCUT2D eigenvalue weighted by Gasteiger charge is 2.55. The molecule has 1 heterocycles. The standard InChI is InChI=1S/C30H33Cl2N3O4/c1-37-19-9-16-29(38-2,24-13-7-15-26(32)21-24)28(36)35-30(17-8-18-33,23-11-4-3-5-12-23)39-27(34-35)22-10-6-14-25(31)20-22/h3-7,10-15,20-21H,8-9,16-19,33H2,1-2H3/t29-,30-/m0/s1. The highest BCUT2D eigenvalue weighted by atomic mass is 35.5. The van der Waals surface area contributed by atoms with Gasteiger partial charge in [-0.15, -0.1) is 5.10 Å². The molecule has 0 aliphatic carbocycles. The lowest BCUT2D eigenvalue weighted by molar-refractivity contribution is -0.178. The van der Waals surface area contributed by atoms with Crippen LogP contribution < -0.4 is 5.73 Å². The van der Waals surface area contributed by atoms with Crippen LogP contribution in [-0.4, -0.2) is 44.2 Å². The number of rotatable bonds is 12. The zero-order valence-electron chi connectivity index (χ0n) is 22.1. The third kappa shape index (κ3) is 5.98. The van der Waals surface area contributed by atoms with Crippen molar-refractivity contribution in [3.63, 3.8) is 0 Å². The third-order valence-corrected chi connectivity index (χ3v) is 7.34. The Balaban J connectivity index is 1.92. The Hall–Kier alpha value is -2.94. The quantitative estimate of drug-likeness (QED) is 0.267. The second kappa shape index (κ2) is 12.9. The van der Waals surface area contributed by atoms with E-state index >= 15 is 0 Å². The number of hydrogen-bond acceptors (Lipinski definition) is 6. The fourth-order valence-corrected chi connectivity index (χ4v) is 5.30. The number of carbonyl (C=O) groups excluding carboxylic acids is 1. The van der Waals surface area contributed by atoms with Gasteiger partial charge in [-0.2, -0.15) is 5.01 Å². The van der Waals surface area contributed by atoms with Gasteiger partial charge in [0.1, 0.15) is 0 Å². The highest BCUT2D eigenvalue weighted by Crippen LogP contribution is 2.45. The summed E-state index contributed by atoms with van der Waals surface area (Å²) in [5, 5.41) is 7.25. The average Bonchev–Trinajstić information content (AvgIpc) is 3.35. The molecule has 3 aromatic carbocycles. The lowest BCUT2D eigenvalue weighted by Gasteiger charge is -2.41. The molecule has 0 spiro atoms. The number of benzene rings is 3. The molecule has 0 fully saturated rings. The van der Waals surface area contributed by atoms with Crippen molar-refractivity contribution < 1.29 is 19.0 Å². The van der Waals surface area contributed by atoms with Crippen molar-refractivity contribution in [2.75, 3.05) is 27.4 Å². The van der Waals surface area contributed by atoms with Gasteiger partial charge in [-0.1, -0.05) is 71.7 Å². The van der Waals surface area contributed by atoms with Gasteiger partial charge in [0.15, 0.2) is 5.60 Å². The minimum Gasteiger partial charge on any atom is -0.443 e. The van der Waals surface area contributed by atoms with Crippen LogP contribution in [0.3, 0.4) is 0 Å². The Labute approximate surface area is 239 Å². The molecule has 2 N–H and O–H groups in total. The van der Waals surface area contributed by atoms with E-state index in [1.165, 1.54) is 12.1 Å². The first-order valence-electron chi connectivity index (χ1n) is 12.8. The van der Waals surface area contributed by atoms with Crippen LogP contribution in [0.15, 0.2) is 84.0 Å². The van der Waals surface area contributed by atoms with E-state index in [-0.39, 0.29) is 11.8 Å². The van der Waals surface area contributed by atoms with Gasteiger partial charge in [-0.3, -0.25) is 4.79 Å². The van der Waals surface area contributed by atoms with Crippen molar-refractivity contribution in [2.24, 2.45) is 10.8 Å². The van der Waals surface area contributed by atoms with E-state index in [0.717, 1.165) is 5.56 Å².